The molecular weight excluding hydrogens is 811 g/mol. The minimum atomic E-state index is -1.29. The first kappa shape index (κ1) is 49.5. The quantitative estimate of drug-likeness (QED) is 0.112. The normalized spacial score (nSPS) is 27.8. The van der Waals surface area contributed by atoms with E-state index in [-0.39, 0.29) is 35.5 Å². The molecule has 6 rings (SSSR count). The van der Waals surface area contributed by atoms with E-state index in [0.717, 1.165) is 16.7 Å². The molecule has 0 spiro atoms. The van der Waals surface area contributed by atoms with Gasteiger partial charge in [-0.3, -0.25) is 0 Å². The molecule has 0 saturated heterocycles. The molecule has 15 heteroatoms. The molecule has 0 heterocycles. The molecule has 0 aromatic heterocycles. The van der Waals surface area contributed by atoms with E-state index in [2.05, 4.69) is 16.0 Å². The maximum absolute atomic E-state index is 11.9. The van der Waals surface area contributed by atoms with Crippen molar-refractivity contribution in [1.29, 1.82) is 0 Å². The number of nitrogens with one attached hydrogen (secondary N) is 3. The maximum atomic E-state index is 11.9. The highest BCUT2D eigenvalue weighted by Crippen LogP contribution is 2.59. The monoisotopic (exact) mass is 873 g/mol. The highest BCUT2D eigenvalue weighted by atomic mass is 16.6. The van der Waals surface area contributed by atoms with Crippen molar-refractivity contribution in [1.82, 2.24) is 16.0 Å². The summed E-state index contributed by atoms with van der Waals surface area (Å²) >= 11 is 0. The zero-order chi connectivity index (χ0) is 47.5. The first-order chi connectivity index (χ1) is 29.0. The maximum Gasteiger partial charge on any atom is 0.408 e. The number of carboxylic acids is 3. The molecule has 0 radical (unpaired) electrons. The highest BCUT2D eigenvalue weighted by molar-refractivity contribution is 5.92. The van der Waals surface area contributed by atoms with Crippen molar-refractivity contribution in [3.63, 3.8) is 0 Å². The largest absolute Gasteiger partial charge is 0.479 e. The van der Waals surface area contributed by atoms with Gasteiger partial charge < -0.3 is 45.5 Å². The van der Waals surface area contributed by atoms with Crippen LogP contribution in [0.1, 0.15) is 118 Å². The van der Waals surface area contributed by atoms with E-state index in [4.69, 9.17) is 14.2 Å². The lowest BCUT2D eigenvalue weighted by Crippen LogP contribution is -2.47. The number of rotatable bonds is 9. The van der Waals surface area contributed by atoms with Gasteiger partial charge in [0, 0.05) is 35.5 Å². The summed E-state index contributed by atoms with van der Waals surface area (Å²) in [6.45, 7) is 21.1. The number of carbonyl (C=O) groups excluding carboxylic acids is 3. The minimum Gasteiger partial charge on any atom is -0.479 e. The molecule has 6 N–H and O–H groups in total. The van der Waals surface area contributed by atoms with E-state index in [1.54, 1.807) is 62.3 Å². The van der Waals surface area contributed by atoms with E-state index in [9.17, 15) is 44.1 Å². The average molecular weight is 874 g/mol. The number of aliphatic carboxylic acids is 3. The molecule has 3 fully saturated rings. The van der Waals surface area contributed by atoms with E-state index < -0.39 is 69.6 Å². The van der Waals surface area contributed by atoms with Gasteiger partial charge in [0.05, 0.1) is 0 Å². The summed E-state index contributed by atoms with van der Waals surface area (Å²) in [5, 5.41) is 36.4. The summed E-state index contributed by atoms with van der Waals surface area (Å²) in [4.78, 5) is 71.0. The van der Waals surface area contributed by atoms with Gasteiger partial charge in [0.1, 0.15) is 16.8 Å². The van der Waals surface area contributed by atoms with E-state index in [0.29, 0.717) is 0 Å². The fraction of sp³-hybridized carbons (Fsp3) is 0.500. The van der Waals surface area contributed by atoms with Gasteiger partial charge in [-0.25, -0.2) is 28.8 Å². The van der Waals surface area contributed by atoms with Crippen molar-refractivity contribution in [2.24, 2.45) is 17.8 Å². The van der Waals surface area contributed by atoms with Gasteiger partial charge in [0.15, 0.2) is 16.6 Å². The first-order valence-electron chi connectivity index (χ1n) is 20.9. The molecule has 3 aromatic carbocycles. The smallest absolute Gasteiger partial charge is 0.408 e. The number of carboxylic acid groups (broad SMARTS) is 3. The Bertz CT molecular complexity index is 1890. The molecule has 3 aliphatic rings. The van der Waals surface area contributed by atoms with Crippen LogP contribution in [0, 0.1) is 17.8 Å². The van der Waals surface area contributed by atoms with Crippen LogP contribution < -0.4 is 16.0 Å². The van der Waals surface area contributed by atoms with Gasteiger partial charge >= 0.3 is 36.2 Å². The van der Waals surface area contributed by atoms with Crippen molar-refractivity contribution in [2.75, 3.05) is 0 Å². The van der Waals surface area contributed by atoms with E-state index in [1.807, 2.05) is 112 Å². The third-order valence-electron chi connectivity index (χ3n) is 11.5. The van der Waals surface area contributed by atoms with Crippen molar-refractivity contribution in [2.45, 2.75) is 134 Å². The van der Waals surface area contributed by atoms with Crippen LogP contribution in [0.4, 0.5) is 14.4 Å². The summed E-state index contributed by atoms with van der Waals surface area (Å²) < 4.78 is 15.5. The molecule has 5 unspecified atom stereocenters. The number of hydrogen-bond donors (Lipinski definition) is 6. The van der Waals surface area contributed by atoms with Crippen LogP contribution in [-0.2, 0) is 28.6 Å². The number of benzene rings is 3. The number of alkyl carbamates (subject to hydrolysis) is 3. The molecular formula is C48H63N3O12. The summed E-state index contributed by atoms with van der Waals surface area (Å²) in [5.41, 5.74) is -3.13. The van der Waals surface area contributed by atoms with Gasteiger partial charge in [0.25, 0.3) is 0 Å². The lowest BCUT2D eigenvalue weighted by atomic mass is 10.1. The van der Waals surface area contributed by atoms with Crippen LogP contribution in [-0.4, -0.2) is 84.9 Å². The molecule has 3 aromatic rings. The molecule has 3 amide bonds. The Morgan fingerprint density at radius 3 is 0.762 bits per heavy atom. The van der Waals surface area contributed by atoms with Gasteiger partial charge in [-0.1, -0.05) is 112 Å². The predicted molar refractivity (Wildman–Crippen MR) is 234 cm³/mol. The Balaban J connectivity index is 0.000000207. The Morgan fingerprint density at radius 1 is 0.413 bits per heavy atom. The molecule has 9 atom stereocenters. The van der Waals surface area contributed by atoms with Gasteiger partial charge in [-0.05, 0) is 79.0 Å². The molecule has 0 bridgehead atoms. The Hall–Kier alpha value is -6.12. The van der Waals surface area contributed by atoms with Crippen molar-refractivity contribution in [3.8, 4) is 0 Å². The van der Waals surface area contributed by atoms with Crippen LogP contribution in [0.2, 0.25) is 0 Å². The Kier molecular flexibility index (Phi) is 14.4. The zero-order valence-electron chi connectivity index (χ0n) is 38.1. The zero-order valence-corrected chi connectivity index (χ0v) is 38.1. The second-order valence-electron chi connectivity index (χ2n) is 19.4. The van der Waals surface area contributed by atoms with Crippen LogP contribution in [0.25, 0.3) is 0 Å². The Morgan fingerprint density at radius 2 is 0.603 bits per heavy atom. The topological polar surface area (TPSA) is 227 Å². The summed E-state index contributed by atoms with van der Waals surface area (Å²) in [7, 11) is 0. The van der Waals surface area contributed by atoms with Crippen LogP contribution in [0.15, 0.2) is 91.0 Å². The van der Waals surface area contributed by atoms with Gasteiger partial charge in [-0.2, -0.15) is 0 Å². The molecule has 15 nitrogen and oxygen atoms in total. The van der Waals surface area contributed by atoms with Gasteiger partial charge in [-0.15, -0.1) is 0 Å². The van der Waals surface area contributed by atoms with Crippen molar-refractivity contribution < 1.29 is 58.3 Å². The van der Waals surface area contributed by atoms with E-state index >= 15 is 0 Å². The van der Waals surface area contributed by atoms with Crippen LogP contribution in [0.5, 0.6) is 0 Å². The highest BCUT2D eigenvalue weighted by Gasteiger charge is 2.71. The second-order valence-corrected chi connectivity index (χ2v) is 19.4. The van der Waals surface area contributed by atoms with Crippen LogP contribution in [0.3, 0.4) is 0 Å². The lowest BCUT2D eigenvalue weighted by Gasteiger charge is -2.22. The Labute approximate surface area is 369 Å². The van der Waals surface area contributed by atoms with Crippen molar-refractivity contribution >= 4 is 36.2 Å². The predicted octanol–water partition coefficient (Wildman–Crippen LogP) is 8.30. The SMILES string of the molecule is CC1C(c2ccccc2)C1(NC(=O)OC(C)(C)C)C(=O)O.CC1[C@H](c2ccccc2)[C@]1(NC(=O)OC(C)(C)C)C(=O)O.CC1[C@H](c2ccccc2)[C@]1(NC(=O)OC(C)(C)C)C(=O)O. The molecule has 63 heavy (non-hydrogen) atoms. The number of hydrogen-bond acceptors (Lipinski definition) is 9. The molecule has 342 valence electrons. The first-order valence-corrected chi connectivity index (χ1v) is 20.9. The standard InChI is InChI=1S/3C16H21NO4/c3*1-10-12(11-8-6-5-7-9-11)16(10,13(18)19)17-14(20)21-15(2,3)4/h3*5-10,12H,1-4H3,(H,17,20)(H,18,19)/t2*10?,12-,16+;/m11./s1. The summed E-state index contributed by atoms with van der Waals surface area (Å²) in [5.74, 6) is -4.41. The summed E-state index contributed by atoms with van der Waals surface area (Å²) in [6, 6.07) is 28.1. The molecule has 0 aliphatic heterocycles. The van der Waals surface area contributed by atoms with Crippen molar-refractivity contribution in [3.05, 3.63) is 108 Å². The lowest BCUT2D eigenvalue weighted by molar-refractivity contribution is -0.142. The number of amides is 3. The molecule has 3 saturated carbocycles. The minimum absolute atomic E-state index is 0.190. The number of ether oxygens (including phenoxy) is 3. The number of carbonyl (C=O) groups is 6. The van der Waals surface area contributed by atoms with Crippen LogP contribution >= 0.6 is 0 Å². The van der Waals surface area contributed by atoms with E-state index in [1.165, 1.54) is 0 Å². The second kappa shape index (κ2) is 18.3. The fourth-order valence-corrected chi connectivity index (χ4v) is 8.45. The third-order valence-corrected chi connectivity index (χ3v) is 11.5. The van der Waals surface area contributed by atoms with Gasteiger partial charge in [0.2, 0.25) is 0 Å². The molecule has 3 aliphatic carbocycles. The summed E-state index contributed by atoms with van der Waals surface area (Å²) in [6.07, 6.45) is -2.10. The average Bonchev–Trinajstić information content (AvgIpc) is 4.08. The fourth-order valence-electron chi connectivity index (χ4n) is 8.45. The third kappa shape index (κ3) is 11.3.